The lowest BCUT2D eigenvalue weighted by Gasteiger charge is -2.11. The van der Waals surface area contributed by atoms with Gasteiger partial charge in [0.2, 0.25) is 0 Å². The van der Waals surface area contributed by atoms with Gasteiger partial charge < -0.3 is 14.8 Å². The molecule has 0 atom stereocenters. The van der Waals surface area contributed by atoms with Gasteiger partial charge in [0, 0.05) is 21.7 Å². The van der Waals surface area contributed by atoms with Gasteiger partial charge in [-0.15, -0.1) is 0 Å². The van der Waals surface area contributed by atoms with Crippen LogP contribution in [-0.2, 0) is 9.59 Å². The molecule has 0 saturated carbocycles. The summed E-state index contributed by atoms with van der Waals surface area (Å²) in [6.07, 6.45) is 1.15. The number of benzene rings is 4. The van der Waals surface area contributed by atoms with Crippen LogP contribution >= 0.6 is 34.8 Å². The van der Waals surface area contributed by atoms with Crippen molar-refractivity contribution in [2.24, 2.45) is 5.10 Å². The number of para-hydroxylation sites is 1. The second-order valence-corrected chi connectivity index (χ2v) is 9.41. The zero-order chi connectivity index (χ0) is 29.4. The number of nitrogens with zero attached hydrogens (tertiary/aromatic N) is 1. The van der Waals surface area contributed by atoms with Crippen LogP contribution in [0.5, 0.6) is 11.5 Å². The van der Waals surface area contributed by atoms with Crippen molar-refractivity contribution < 1.29 is 28.7 Å². The predicted molar refractivity (Wildman–Crippen MR) is 155 cm³/mol. The molecule has 0 aliphatic heterocycles. The van der Waals surface area contributed by atoms with Crippen molar-refractivity contribution >= 4 is 70.5 Å². The van der Waals surface area contributed by atoms with Gasteiger partial charge in [-0.2, -0.15) is 5.10 Å². The average molecular weight is 611 g/mol. The molecular weight excluding hydrogens is 593 g/mol. The summed E-state index contributed by atoms with van der Waals surface area (Å²) in [5.41, 5.74) is 3.00. The van der Waals surface area contributed by atoms with Crippen molar-refractivity contribution in [3.8, 4) is 11.5 Å². The van der Waals surface area contributed by atoms with Gasteiger partial charge in [0.25, 0.3) is 0 Å². The summed E-state index contributed by atoms with van der Waals surface area (Å²) >= 11 is 17.8. The van der Waals surface area contributed by atoms with E-state index < -0.39 is 23.8 Å². The van der Waals surface area contributed by atoms with E-state index in [-0.39, 0.29) is 38.9 Å². The minimum Gasteiger partial charge on any atom is -0.423 e. The van der Waals surface area contributed by atoms with Crippen LogP contribution in [0, 0.1) is 0 Å². The Labute approximate surface area is 248 Å². The Morgan fingerprint density at radius 3 is 1.88 bits per heavy atom. The third kappa shape index (κ3) is 8.15. The number of rotatable bonds is 7. The molecule has 0 fully saturated rings. The van der Waals surface area contributed by atoms with Crippen LogP contribution in [0.4, 0.5) is 5.69 Å². The summed E-state index contributed by atoms with van der Waals surface area (Å²) in [4.78, 5) is 49.7. The number of ether oxygens (including phenoxy) is 2. The molecule has 0 unspecified atom stereocenters. The number of carbonyl (C=O) groups excluding carboxylic acids is 4. The lowest BCUT2D eigenvalue weighted by atomic mass is 10.2. The fourth-order valence-electron chi connectivity index (χ4n) is 3.22. The number of anilines is 1. The number of hydrogen-bond donors (Lipinski definition) is 2. The van der Waals surface area contributed by atoms with Gasteiger partial charge in [-0.3, -0.25) is 9.59 Å². The fourth-order valence-corrected chi connectivity index (χ4v) is 3.66. The third-order valence-corrected chi connectivity index (χ3v) is 6.09. The fraction of sp³-hybridized carbons (Fsp3) is 0. The van der Waals surface area contributed by atoms with Gasteiger partial charge >= 0.3 is 23.8 Å². The molecule has 0 heterocycles. The Morgan fingerprint density at radius 2 is 1.27 bits per heavy atom. The second-order valence-electron chi connectivity index (χ2n) is 8.13. The maximum Gasteiger partial charge on any atom is 0.343 e. The van der Waals surface area contributed by atoms with Gasteiger partial charge in [0.05, 0.1) is 28.1 Å². The molecular formula is C29H18Cl3N3O6. The highest BCUT2D eigenvalue weighted by molar-refractivity contribution is 6.41. The summed E-state index contributed by atoms with van der Waals surface area (Å²) in [7, 11) is 0. The zero-order valence-electron chi connectivity index (χ0n) is 20.8. The van der Waals surface area contributed by atoms with E-state index in [0.29, 0.717) is 10.0 Å². The van der Waals surface area contributed by atoms with Crippen LogP contribution in [0.25, 0.3) is 0 Å². The highest BCUT2D eigenvalue weighted by Crippen LogP contribution is 2.26. The van der Waals surface area contributed by atoms with Crippen molar-refractivity contribution in [3.05, 3.63) is 123 Å². The smallest absolute Gasteiger partial charge is 0.343 e. The summed E-state index contributed by atoms with van der Waals surface area (Å²) < 4.78 is 10.9. The lowest BCUT2D eigenvalue weighted by molar-refractivity contribution is -0.136. The van der Waals surface area contributed by atoms with E-state index in [1.165, 1.54) is 60.7 Å². The standard InChI is InChI=1S/C29H18Cl3N3O6/c30-20-10-5-17(6-11-20)28(38)40-22-14-9-19(25(15-22)41-29(39)18-7-12-21(31)13-8-18)16-33-35-27(37)26(36)34-24-4-2-1-3-23(24)32/h1-16H,(H,34,36)(H,35,37)/b33-16-. The Bertz CT molecular complexity index is 1640. The number of hydrogen-bond acceptors (Lipinski definition) is 7. The Balaban J connectivity index is 1.52. The van der Waals surface area contributed by atoms with Gasteiger partial charge in [-0.25, -0.2) is 15.0 Å². The summed E-state index contributed by atoms with van der Waals surface area (Å²) in [5, 5.41) is 7.28. The Morgan fingerprint density at radius 1 is 0.683 bits per heavy atom. The molecule has 0 aliphatic carbocycles. The molecule has 0 aliphatic rings. The molecule has 4 rings (SSSR count). The van der Waals surface area contributed by atoms with Gasteiger partial charge in [-0.05, 0) is 72.8 Å². The van der Waals surface area contributed by atoms with E-state index in [9.17, 15) is 19.2 Å². The molecule has 0 bridgehead atoms. The molecule has 4 aromatic rings. The molecule has 2 N–H and O–H groups in total. The number of esters is 2. The van der Waals surface area contributed by atoms with Gasteiger partial charge in [0.15, 0.2) is 0 Å². The van der Waals surface area contributed by atoms with Crippen LogP contribution in [0.15, 0.2) is 96.1 Å². The van der Waals surface area contributed by atoms with Crippen molar-refractivity contribution in [2.45, 2.75) is 0 Å². The first-order valence-electron chi connectivity index (χ1n) is 11.7. The molecule has 9 nitrogen and oxygen atoms in total. The van der Waals surface area contributed by atoms with E-state index in [1.54, 1.807) is 30.3 Å². The number of halogens is 3. The molecule has 0 radical (unpaired) electrons. The monoisotopic (exact) mass is 609 g/mol. The predicted octanol–water partition coefficient (Wildman–Crippen LogP) is 6.17. The third-order valence-electron chi connectivity index (χ3n) is 5.26. The van der Waals surface area contributed by atoms with Crippen molar-refractivity contribution in [1.82, 2.24) is 5.43 Å². The molecule has 41 heavy (non-hydrogen) atoms. The molecule has 2 amide bonds. The maximum absolute atomic E-state index is 12.8. The minimum absolute atomic E-state index is 0.0510. The number of carbonyl (C=O) groups is 4. The Kier molecular flexibility index (Phi) is 9.70. The average Bonchev–Trinajstić information content (AvgIpc) is 2.96. The normalized spacial score (nSPS) is 10.6. The molecule has 206 valence electrons. The van der Waals surface area contributed by atoms with E-state index >= 15 is 0 Å². The van der Waals surface area contributed by atoms with Crippen LogP contribution < -0.4 is 20.2 Å². The molecule has 0 spiro atoms. The molecule has 12 heteroatoms. The first-order valence-corrected chi connectivity index (χ1v) is 12.8. The number of nitrogens with one attached hydrogen (secondary N) is 2. The van der Waals surface area contributed by atoms with Crippen LogP contribution in [0.2, 0.25) is 15.1 Å². The zero-order valence-corrected chi connectivity index (χ0v) is 23.0. The minimum atomic E-state index is -1.07. The highest BCUT2D eigenvalue weighted by atomic mass is 35.5. The molecule has 0 saturated heterocycles. The van der Waals surface area contributed by atoms with E-state index in [1.807, 2.05) is 0 Å². The van der Waals surface area contributed by atoms with Crippen LogP contribution in [-0.4, -0.2) is 30.0 Å². The van der Waals surface area contributed by atoms with Crippen molar-refractivity contribution in [2.75, 3.05) is 5.32 Å². The van der Waals surface area contributed by atoms with Crippen molar-refractivity contribution in [3.63, 3.8) is 0 Å². The Hall–Kier alpha value is -4.70. The van der Waals surface area contributed by atoms with E-state index in [2.05, 4.69) is 15.8 Å². The highest BCUT2D eigenvalue weighted by Gasteiger charge is 2.17. The van der Waals surface area contributed by atoms with Gasteiger partial charge in [-0.1, -0.05) is 46.9 Å². The lowest BCUT2D eigenvalue weighted by Crippen LogP contribution is -2.32. The molecule has 4 aromatic carbocycles. The van der Waals surface area contributed by atoms with E-state index in [0.717, 1.165) is 6.21 Å². The first kappa shape index (κ1) is 29.3. The first-order chi connectivity index (χ1) is 19.7. The van der Waals surface area contributed by atoms with Crippen LogP contribution in [0.1, 0.15) is 26.3 Å². The largest absolute Gasteiger partial charge is 0.423 e. The summed E-state index contributed by atoms with van der Waals surface area (Å²) in [5.74, 6) is -3.48. The second kappa shape index (κ2) is 13.6. The maximum atomic E-state index is 12.8. The topological polar surface area (TPSA) is 123 Å². The molecule has 0 aromatic heterocycles. The number of amides is 2. The van der Waals surface area contributed by atoms with Gasteiger partial charge in [0.1, 0.15) is 11.5 Å². The van der Waals surface area contributed by atoms with Crippen molar-refractivity contribution in [1.29, 1.82) is 0 Å². The van der Waals surface area contributed by atoms with Crippen LogP contribution in [0.3, 0.4) is 0 Å². The van der Waals surface area contributed by atoms with E-state index in [4.69, 9.17) is 44.3 Å². The number of hydrazone groups is 1. The summed E-state index contributed by atoms with van der Waals surface area (Å²) in [6, 6.07) is 22.6. The summed E-state index contributed by atoms with van der Waals surface area (Å²) in [6.45, 7) is 0. The quantitative estimate of drug-likeness (QED) is 0.0848. The SMILES string of the molecule is O=C(N/N=C\c1ccc(OC(=O)c2ccc(Cl)cc2)cc1OC(=O)c1ccc(Cl)cc1)C(=O)Nc1ccccc1Cl.